The van der Waals surface area contributed by atoms with Gasteiger partial charge in [-0.05, 0) is 18.1 Å². The summed E-state index contributed by atoms with van der Waals surface area (Å²) in [5, 5.41) is 10.5. The molecule has 0 amide bonds. The standard InChI is InChI=1S/C17H24N4O/c1-14-17(12-19-20-14)11-18-10-15-2-4-16(5-3-15)13-21-6-8-22-9-7-21/h2-5,12,18H,6-11,13H2,1H3,(H,19,20). The molecule has 1 aromatic carbocycles. The van der Waals surface area contributed by atoms with Crippen molar-refractivity contribution in [3.8, 4) is 0 Å². The lowest BCUT2D eigenvalue weighted by Gasteiger charge is -2.26. The molecule has 0 radical (unpaired) electrons. The van der Waals surface area contributed by atoms with Gasteiger partial charge in [0.05, 0.1) is 19.4 Å². The van der Waals surface area contributed by atoms with Gasteiger partial charge >= 0.3 is 0 Å². The van der Waals surface area contributed by atoms with E-state index in [0.717, 1.165) is 51.6 Å². The van der Waals surface area contributed by atoms with E-state index < -0.39 is 0 Å². The molecule has 5 nitrogen and oxygen atoms in total. The van der Waals surface area contributed by atoms with Crippen molar-refractivity contribution in [1.29, 1.82) is 0 Å². The maximum absolute atomic E-state index is 5.38. The number of rotatable bonds is 6. The Labute approximate surface area is 131 Å². The van der Waals surface area contributed by atoms with E-state index in [9.17, 15) is 0 Å². The van der Waals surface area contributed by atoms with Crippen LogP contribution in [0.2, 0.25) is 0 Å². The molecule has 1 saturated heterocycles. The summed E-state index contributed by atoms with van der Waals surface area (Å²) in [6.45, 7) is 8.57. The highest BCUT2D eigenvalue weighted by Crippen LogP contribution is 2.09. The molecule has 2 heterocycles. The van der Waals surface area contributed by atoms with Crippen LogP contribution in [0.5, 0.6) is 0 Å². The van der Waals surface area contributed by atoms with E-state index in [1.807, 2.05) is 13.1 Å². The Kier molecular flexibility index (Phi) is 5.21. The SMILES string of the molecule is Cc1[nH]ncc1CNCc1ccc(CN2CCOCC2)cc1. The fourth-order valence-corrected chi connectivity index (χ4v) is 2.68. The highest BCUT2D eigenvalue weighted by molar-refractivity contribution is 5.23. The van der Waals surface area contributed by atoms with Crippen molar-refractivity contribution in [2.45, 2.75) is 26.6 Å². The second kappa shape index (κ2) is 7.54. The van der Waals surface area contributed by atoms with Gasteiger partial charge in [-0.1, -0.05) is 24.3 Å². The molecule has 5 heteroatoms. The third-order valence-electron chi connectivity index (χ3n) is 4.11. The molecule has 0 aliphatic carbocycles. The van der Waals surface area contributed by atoms with E-state index in [2.05, 4.69) is 44.7 Å². The highest BCUT2D eigenvalue weighted by atomic mass is 16.5. The van der Waals surface area contributed by atoms with Crippen LogP contribution in [-0.4, -0.2) is 41.4 Å². The number of aryl methyl sites for hydroxylation is 1. The van der Waals surface area contributed by atoms with Crippen LogP contribution in [0.3, 0.4) is 0 Å². The van der Waals surface area contributed by atoms with E-state index in [1.54, 1.807) is 0 Å². The smallest absolute Gasteiger partial charge is 0.0594 e. The molecule has 0 spiro atoms. The molecule has 1 fully saturated rings. The van der Waals surface area contributed by atoms with E-state index in [4.69, 9.17) is 4.74 Å². The molecule has 0 saturated carbocycles. The first-order valence-corrected chi connectivity index (χ1v) is 7.89. The van der Waals surface area contributed by atoms with Crippen LogP contribution >= 0.6 is 0 Å². The van der Waals surface area contributed by atoms with Crippen LogP contribution in [-0.2, 0) is 24.4 Å². The molecule has 0 atom stereocenters. The van der Waals surface area contributed by atoms with Gasteiger partial charge in [0.1, 0.15) is 0 Å². The van der Waals surface area contributed by atoms with E-state index in [1.165, 1.54) is 16.7 Å². The number of aromatic amines is 1. The zero-order chi connectivity index (χ0) is 15.2. The summed E-state index contributed by atoms with van der Waals surface area (Å²) in [6, 6.07) is 8.89. The van der Waals surface area contributed by atoms with Crippen LogP contribution in [0.15, 0.2) is 30.5 Å². The summed E-state index contributed by atoms with van der Waals surface area (Å²) in [5.74, 6) is 0. The highest BCUT2D eigenvalue weighted by Gasteiger charge is 2.10. The van der Waals surface area contributed by atoms with Gasteiger partial charge < -0.3 is 10.1 Å². The van der Waals surface area contributed by atoms with Gasteiger partial charge in [0.2, 0.25) is 0 Å². The molecule has 118 valence electrons. The minimum atomic E-state index is 0.845. The van der Waals surface area contributed by atoms with Crippen molar-refractivity contribution in [3.05, 3.63) is 52.8 Å². The molecule has 0 unspecified atom stereocenters. The first-order valence-electron chi connectivity index (χ1n) is 7.89. The van der Waals surface area contributed by atoms with Crippen LogP contribution in [0, 0.1) is 6.92 Å². The molecule has 1 aliphatic heterocycles. The number of nitrogens with zero attached hydrogens (tertiary/aromatic N) is 2. The summed E-state index contributed by atoms with van der Waals surface area (Å²) in [4.78, 5) is 2.44. The van der Waals surface area contributed by atoms with E-state index in [0.29, 0.717) is 0 Å². The number of benzene rings is 1. The summed E-state index contributed by atoms with van der Waals surface area (Å²) >= 11 is 0. The van der Waals surface area contributed by atoms with E-state index >= 15 is 0 Å². The molecule has 22 heavy (non-hydrogen) atoms. The second-order valence-electron chi connectivity index (χ2n) is 5.83. The molecule has 2 N–H and O–H groups in total. The lowest BCUT2D eigenvalue weighted by molar-refractivity contribution is 0.0342. The average Bonchev–Trinajstić information content (AvgIpc) is 2.95. The first-order chi connectivity index (χ1) is 10.8. The van der Waals surface area contributed by atoms with Crippen LogP contribution in [0.25, 0.3) is 0 Å². The van der Waals surface area contributed by atoms with Crippen molar-refractivity contribution in [2.75, 3.05) is 26.3 Å². The molecule has 2 aromatic rings. The largest absolute Gasteiger partial charge is 0.379 e. The third kappa shape index (κ3) is 4.16. The summed E-state index contributed by atoms with van der Waals surface area (Å²) in [5.41, 5.74) is 5.04. The van der Waals surface area contributed by atoms with Crippen molar-refractivity contribution in [1.82, 2.24) is 20.4 Å². The molecular weight excluding hydrogens is 276 g/mol. The Morgan fingerprint density at radius 1 is 1.14 bits per heavy atom. The average molecular weight is 300 g/mol. The lowest BCUT2D eigenvalue weighted by atomic mass is 10.1. The van der Waals surface area contributed by atoms with Gasteiger partial charge in [-0.2, -0.15) is 5.10 Å². The number of aromatic nitrogens is 2. The number of H-pyrrole nitrogens is 1. The topological polar surface area (TPSA) is 53.2 Å². The quantitative estimate of drug-likeness (QED) is 0.855. The van der Waals surface area contributed by atoms with Crippen LogP contribution < -0.4 is 5.32 Å². The first kappa shape index (κ1) is 15.2. The van der Waals surface area contributed by atoms with E-state index in [-0.39, 0.29) is 0 Å². The maximum atomic E-state index is 5.38. The Balaban J connectivity index is 1.45. The number of morpholine rings is 1. The minimum absolute atomic E-state index is 0.845. The summed E-state index contributed by atoms with van der Waals surface area (Å²) in [6.07, 6.45) is 1.88. The zero-order valence-corrected chi connectivity index (χ0v) is 13.1. The van der Waals surface area contributed by atoms with Crippen LogP contribution in [0.1, 0.15) is 22.4 Å². The second-order valence-corrected chi connectivity index (χ2v) is 5.83. The molecule has 1 aromatic heterocycles. The van der Waals surface area contributed by atoms with Gasteiger partial charge in [0.15, 0.2) is 0 Å². The number of nitrogens with one attached hydrogen (secondary N) is 2. The fraction of sp³-hybridized carbons (Fsp3) is 0.471. The predicted molar refractivity (Wildman–Crippen MR) is 86.4 cm³/mol. The molecular formula is C17H24N4O. The fourth-order valence-electron chi connectivity index (χ4n) is 2.68. The Morgan fingerprint density at radius 2 is 1.86 bits per heavy atom. The van der Waals surface area contributed by atoms with Gasteiger partial charge in [-0.3, -0.25) is 10.00 Å². The molecule has 0 bridgehead atoms. The Bertz CT molecular complexity index is 573. The zero-order valence-electron chi connectivity index (χ0n) is 13.1. The van der Waals surface area contributed by atoms with Crippen molar-refractivity contribution in [3.63, 3.8) is 0 Å². The normalized spacial score (nSPS) is 16.0. The van der Waals surface area contributed by atoms with Crippen molar-refractivity contribution in [2.24, 2.45) is 0 Å². The van der Waals surface area contributed by atoms with Crippen LogP contribution in [0.4, 0.5) is 0 Å². The third-order valence-corrected chi connectivity index (χ3v) is 4.11. The maximum Gasteiger partial charge on any atom is 0.0594 e. The molecule has 1 aliphatic rings. The van der Waals surface area contributed by atoms with Gasteiger partial charge in [-0.15, -0.1) is 0 Å². The number of ether oxygens (including phenoxy) is 1. The number of hydrogen-bond donors (Lipinski definition) is 2. The minimum Gasteiger partial charge on any atom is -0.379 e. The van der Waals surface area contributed by atoms with Gasteiger partial charge in [-0.25, -0.2) is 0 Å². The van der Waals surface area contributed by atoms with Crippen molar-refractivity contribution < 1.29 is 4.74 Å². The van der Waals surface area contributed by atoms with Gasteiger partial charge in [0.25, 0.3) is 0 Å². The number of hydrogen-bond acceptors (Lipinski definition) is 4. The summed E-state index contributed by atoms with van der Waals surface area (Å²) < 4.78 is 5.38. The van der Waals surface area contributed by atoms with Gasteiger partial charge in [0, 0.05) is 44.0 Å². The molecule has 3 rings (SSSR count). The van der Waals surface area contributed by atoms with Crippen molar-refractivity contribution >= 4 is 0 Å². The summed E-state index contributed by atoms with van der Waals surface area (Å²) in [7, 11) is 0. The Hall–Kier alpha value is -1.69. The predicted octanol–water partition coefficient (Wildman–Crippen LogP) is 1.84. The monoisotopic (exact) mass is 300 g/mol. The Morgan fingerprint density at radius 3 is 2.55 bits per heavy atom. The lowest BCUT2D eigenvalue weighted by Crippen LogP contribution is -2.35.